The van der Waals surface area contributed by atoms with E-state index < -0.39 is 65.6 Å². The van der Waals surface area contributed by atoms with Gasteiger partial charge in [-0.25, -0.2) is 4.79 Å². The molecule has 9 atom stereocenters. The number of unbranched alkanes of at least 4 members (excludes halogenated alkanes) is 2. The number of nitrogens with one attached hydrogen (secondary N) is 2. The van der Waals surface area contributed by atoms with Crippen molar-refractivity contribution in [1.82, 2.24) is 30.2 Å². The summed E-state index contributed by atoms with van der Waals surface area (Å²) >= 11 is 0. The average Bonchev–Trinajstić information content (AvgIpc) is 4.06. The molecule has 0 spiro atoms. The summed E-state index contributed by atoms with van der Waals surface area (Å²) in [6.45, 7) is 12.6. The Bertz CT molecular complexity index is 1930. The predicted molar refractivity (Wildman–Crippen MR) is 255 cm³/mol. The van der Waals surface area contributed by atoms with Crippen molar-refractivity contribution >= 4 is 47.3 Å². The van der Waals surface area contributed by atoms with Crippen LogP contribution in [0.15, 0.2) is 42.5 Å². The minimum Gasteiger partial charge on any atom is -0.467 e. The smallest absolute Gasteiger partial charge is 0.328 e. The van der Waals surface area contributed by atoms with Crippen LogP contribution in [0.25, 0.3) is 0 Å². The summed E-state index contributed by atoms with van der Waals surface area (Å²) < 4.78 is 17.1. The Kier molecular flexibility index (Phi) is 21.2. The van der Waals surface area contributed by atoms with Gasteiger partial charge in [0, 0.05) is 65.9 Å². The number of benzene rings is 1. The number of amides is 7. The quantitative estimate of drug-likeness (QED) is 0.0766. The number of rotatable bonds is 26. The van der Waals surface area contributed by atoms with Crippen molar-refractivity contribution in [1.29, 1.82) is 0 Å². The van der Waals surface area contributed by atoms with Crippen molar-refractivity contribution in [2.75, 3.05) is 48.0 Å². The van der Waals surface area contributed by atoms with Gasteiger partial charge in [0.05, 0.1) is 43.7 Å². The third-order valence-corrected chi connectivity index (χ3v) is 14.3. The molecule has 1 aromatic carbocycles. The molecule has 0 radical (unpaired) electrons. The maximum atomic E-state index is 14.7. The van der Waals surface area contributed by atoms with Gasteiger partial charge in [0.1, 0.15) is 17.6 Å². The molecule has 2 saturated heterocycles. The van der Waals surface area contributed by atoms with Crippen LogP contribution in [0.1, 0.15) is 118 Å². The molecule has 2 N–H and O–H groups in total. The van der Waals surface area contributed by atoms with E-state index in [4.69, 9.17) is 14.2 Å². The van der Waals surface area contributed by atoms with Gasteiger partial charge in [-0.1, -0.05) is 77.8 Å². The largest absolute Gasteiger partial charge is 0.467 e. The summed E-state index contributed by atoms with van der Waals surface area (Å²) in [4.78, 5) is 114. The lowest BCUT2D eigenvalue weighted by Gasteiger charge is -2.41. The van der Waals surface area contributed by atoms with Crippen molar-refractivity contribution < 1.29 is 52.6 Å². The minimum absolute atomic E-state index is 0.0241. The zero-order chi connectivity index (χ0) is 50.3. The van der Waals surface area contributed by atoms with Crippen molar-refractivity contribution in [3.63, 3.8) is 0 Å². The maximum Gasteiger partial charge on any atom is 0.328 e. The van der Waals surface area contributed by atoms with Crippen LogP contribution >= 0.6 is 0 Å². The van der Waals surface area contributed by atoms with Crippen LogP contribution in [0, 0.1) is 17.8 Å². The normalized spacial score (nSPS) is 21.3. The van der Waals surface area contributed by atoms with Crippen molar-refractivity contribution in [2.45, 2.75) is 161 Å². The first kappa shape index (κ1) is 55.4. The molecule has 378 valence electrons. The topological polar surface area (TPSA) is 201 Å². The molecule has 3 heterocycles. The van der Waals surface area contributed by atoms with Crippen LogP contribution in [-0.2, 0) is 59.0 Å². The Morgan fingerprint density at radius 3 is 2.13 bits per heavy atom. The fourth-order valence-electron chi connectivity index (χ4n) is 10.2. The molecule has 68 heavy (non-hydrogen) atoms. The summed E-state index contributed by atoms with van der Waals surface area (Å²) in [7, 11) is 6.00. The number of likely N-dealkylation sites (N-methyl/N-ethyl adjacent to an activating group) is 1. The van der Waals surface area contributed by atoms with Gasteiger partial charge in [0.15, 0.2) is 0 Å². The Morgan fingerprint density at radius 2 is 1.53 bits per heavy atom. The van der Waals surface area contributed by atoms with Gasteiger partial charge < -0.3 is 39.5 Å². The minimum atomic E-state index is -1.17. The van der Waals surface area contributed by atoms with Crippen molar-refractivity contribution in [3.8, 4) is 0 Å². The van der Waals surface area contributed by atoms with Gasteiger partial charge in [0.25, 0.3) is 11.8 Å². The van der Waals surface area contributed by atoms with E-state index in [1.54, 1.807) is 35.6 Å². The summed E-state index contributed by atoms with van der Waals surface area (Å²) in [5.74, 6) is -3.57. The number of carbonyl (C=O) groups excluding carboxylic acids is 8. The molecule has 0 saturated carbocycles. The highest BCUT2D eigenvalue weighted by Gasteiger charge is 2.48. The zero-order valence-corrected chi connectivity index (χ0v) is 42.1. The summed E-state index contributed by atoms with van der Waals surface area (Å²) in [5, 5.41) is 5.91. The molecule has 9 unspecified atom stereocenters. The fraction of sp³-hybridized carbons (Fsp3) is 0.686. The number of imide groups is 1. The first-order valence-electron chi connectivity index (χ1n) is 24.5. The average molecular weight is 951 g/mol. The monoisotopic (exact) mass is 951 g/mol. The summed E-state index contributed by atoms with van der Waals surface area (Å²) in [6, 6.07) is 6.48. The lowest BCUT2D eigenvalue weighted by atomic mass is 9.89. The Labute approximate surface area is 403 Å². The number of carbonyl (C=O) groups is 8. The van der Waals surface area contributed by atoms with E-state index in [0.29, 0.717) is 70.9 Å². The number of hydrogen-bond donors (Lipinski definition) is 2. The van der Waals surface area contributed by atoms with Crippen LogP contribution < -0.4 is 10.6 Å². The Morgan fingerprint density at radius 1 is 0.853 bits per heavy atom. The first-order valence-corrected chi connectivity index (χ1v) is 24.5. The second-order valence-corrected chi connectivity index (χ2v) is 19.4. The van der Waals surface area contributed by atoms with Gasteiger partial charge >= 0.3 is 5.97 Å². The maximum absolute atomic E-state index is 14.7. The van der Waals surface area contributed by atoms with E-state index in [2.05, 4.69) is 10.6 Å². The molecule has 2 fully saturated rings. The lowest BCUT2D eigenvalue weighted by molar-refractivity contribution is -0.149. The molecule has 17 nitrogen and oxygen atoms in total. The first-order chi connectivity index (χ1) is 32.3. The number of likely N-dealkylation sites (tertiary alicyclic amines) is 2. The van der Waals surface area contributed by atoms with E-state index in [1.807, 2.05) is 58.0 Å². The van der Waals surface area contributed by atoms with Crippen molar-refractivity contribution in [2.24, 2.45) is 17.8 Å². The summed E-state index contributed by atoms with van der Waals surface area (Å²) in [5.41, 5.74) is -0.312. The van der Waals surface area contributed by atoms with E-state index in [-0.39, 0.29) is 67.2 Å². The third kappa shape index (κ3) is 14.0. The molecule has 7 amide bonds. The Balaban J connectivity index is 1.44. The van der Waals surface area contributed by atoms with Gasteiger partial charge in [-0.05, 0) is 69.3 Å². The molecular weight excluding hydrogens is 873 g/mol. The zero-order valence-electron chi connectivity index (χ0n) is 42.1. The molecule has 0 aromatic heterocycles. The number of hydrogen-bond acceptors (Lipinski definition) is 11. The SMILES string of the molecule is CCC(C)C(C(CC(=O)N1CCCC1C(OC)C(C)C(=O)NC(Cc1ccccc1)C(=O)OC)OC)N(C)C(=O)C(CC(C)C)NC(=O)C1(C)CCCN1C(=O)CCCCCN1C(=O)C=CC1=O. The number of methoxy groups -OCH3 is 3. The van der Waals surface area contributed by atoms with Crippen LogP contribution in [0.2, 0.25) is 0 Å². The summed E-state index contributed by atoms with van der Waals surface area (Å²) in [6.07, 6.45) is 6.57. The van der Waals surface area contributed by atoms with E-state index in [1.165, 1.54) is 38.4 Å². The van der Waals surface area contributed by atoms with Gasteiger partial charge in [-0.15, -0.1) is 0 Å². The van der Waals surface area contributed by atoms with Crippen LogP contribution in [0.4, 0.5) is 0 Å². The highest BCUT2D eigenvalue weighted by Crippen LogP contribution is 2.32. The number of esters is 1. The molecular formula is C51H78N6O11. The number of ether oxygens (including phenoxy) is 3. The second kappa shape index (κ2) is 26.0. The molecule has 17 heteroatoms. The Hall–Kier alpha value is -5.16. The van der Waals surface area contributed by atoms with Gasteiger partial charge in [0.2, 0.25) is 29.5 Å². The highest BCUT2D eigenvalue weighted by atomic mass is 16.5. The van der Waals surface area contributed by atoms with Crippen molar-refractivity contribution in [3.05, 3.63) is 48.0 Å². The van der Waals surface area contributed by atoms with Crippen LogP contribution in [0.5, 0.6) is 0 Å². The lowest BCUT2D eigenvalue weighted by Crippen LogP contribution is -2.61. The van der Waals surface area contributed by atoms with E-state index in [0.717, 1.165) is 5.56 Å². The molecule has 1 aromatic rings. The fourth-order valence-corrected chi connectivity index (χ4v) is 10.2. The molecule has 0 bridgehead atoms. The van der Waals surface area contributed by atoms with Gasteiger partial charge in [-0.3, -0.25) is 38.5 Å². The van der Waals surface area contributed by atoms with Crippen LogP contribution in [-0.4, -0.2) is 157 Å². The molecule has 0 aliphatic carbocycles. The molecule has 3 aliphatic rings. The van der Waals surface area contributed by atoms with E-state index >= 15 is 0 Å². The van der Waals surface area contributed by atoms with Gasteiger partial charge in [-0.2, -0.15) is 0 Å². The number of nitrogens with zero attached hydrogens (tertiary/aromatic N) is 4. The third-order valence-electron chi connectivity index (χ3n) is 14.3. The molecule has 4 rings (SSSR count). The van der Waals surface area contributed by atoms with Crippen LogP contribution in [0.3, 0.4) is 0 Å². The van der Waals surface area contributed by atoms with E-state index in [9.17, 15) is 38.4 Å². The standard InChI is InChI=1S/C51H78N6O11/c1-11-34(4)45(40(66-8)32-44(61)55-28-18-22-39(55)46(67-9)35(5)47(62)52-38(49(64)68-10)31-36-20-14-12-15-21-36)54(7)48(63)37(30-33(2)3)53-50(65)51(6)26-19-29-57(51)43(60)23-16-13-17-27-56-41(58)24-25-42(56)59/h12,14-15,20-21,24-25,33-35,37-40,45-46H,11,13,16-19,22-23,26-32H2,1-10H3,(H,52,62)(H,53,65). The predicted octanol–water partition coefficient (Wildman–Crippen LogP) is 4.20. The highest BCUT2D eigenvalue weighted by molar-refractivity contribution is 6.12. The second-order valence-electron chi connectivity index (χ2n) is 19.4. The molecule has 3 aliphatic heterocycles.